The van der Waals surface area contributed by atoms with Gasteiger partial charge in [-0.3, -0.25) is 13.7 Å². The van der Waals surface area contributed by atoms with Crippen molar-refractivity contribution in [1.29, 1.82) is 0 Å². The Bertz CT molecular complexity index is 5630. The molecule has 19 rings (SSSR count). The van der Waals surface area contributed by atoms with E-state index in [0.29, 0.717) is 0 Å². The fourth-order valence-corrected chi connectivity index (χ4v) is 28.3. The number of rotatable bonds is 15. The first kappa shape index (κ1) is 65.1. The summed E-state index contributed by atoms with van der Waals surface area (Å²) in [7, 11) is -6.01. The largest absolute Gasteiger partial charge is 0.458 e. The van der Waals surface area contributed by atoms with Crippen LogP contribution in [-0.2, 0) is 23.7 Å². The number of aryl methyl sites for hydroxylation is 2. The Morgan fingerprint density at radius 3 is 1.43 bits per heavy atom. The number of anilines is 1. The molecule has 0 N–H and O–H groups in total. The van der Waals surface area contributed by atoms with Crippen molar-refractivity contribution < 1.29 is 9.30 Å². The summed E-state index contributed by atoms with van der Waals surface area (Å²) < 4.78 is 14.4. The molecule has 0 radical (unpaired) electrons. The molecule has 3 aromatic heterocycles. The van der Waals surface area contributed by atoms with E-state index in [0.717, 1.165) is 124 Å². The molecule has 1 aliphatic carbocycles. The lowest BCUT2D eigenvalue weighted by Crippen LogP contribution is -2.74. The van der Waals surface area contributed by atoms with E-state index >= 15 is 0 Å². The molecular formula is C98H83N5OSi2. The van der Waals surface area contributed by atoms with E-state index < -0.39 is 16.1 Å². The summed E-state index contributed by atoms with van der Waals surface area (Å²) in [6.07, 6.45) is 12.9. The molecule has 2 aliphatic heterocycles. The minimum Gasteiger partial charge on any atom is -0.458 e. The van der Waals surface area contributed by atoms with E-state index in [9.17, 15) is 0 Å². The third kappa shape index (κ3) is 10.7. The van der Waals surface area contributed by atoms with Crippen LogP contribution < -0.4 is 55.7 Å². The molecule has 0 amide bonds. The highest BCUT2D eigenvalue weighted by molar-refractivity contribution is 7.20. The van der Waals surface area contributed by atoms with Crippen LogP contribution in [0.1, 0.15) is 75.6 Å². The number of hydrogen-bond acceptors (Lipinski definition) is 3. The van der Waals surface area contributed by atoms with Crippen LogP contribution in [0.25, 0.3) is 72.3 Å². The minimum absolute atomic E-state index is 0.0232. The van der Waals surface area contributed by atoms with Gasteiger partial charge in [0, 0.05) is 41.8 Å². The van der Waals surface area contributed by atoms with Crippen molar-refractivity contribution in [2.75, 3.05) is 18.0 Å². The van der Waals surface area contributed by atoms with E-state index in [1.54, 1.807) is 0 Å². The maximum Gasteiger partial charge on any atom is 0.269 e. The number of benzene rings is 13. The molecule has 514 valence electrons. The number of hydrogen-bond donors (Lipinski definition) is 0. The van der Waals surface area contributed by atoms with Crippen molar-refractivity contribution >= 4 is 96.2 Å². The zero-order valence-electron chi connectivity index (χ0n) is 60.6. The van der Waals surface area contributed by atoms with Crippen molar-refractivity contribution in [1.82, 2.24) is 14.1 Å². The smallest absolute Gasteiger partial charge is 0.269 e. The highest BCUT2D eigenvalue weighted by atomic mass is 28.3. The second kappa shape index (κ2) is 26.2. The second-order valence-corrected chi connectivity index (χ2v) is 38.4. The average molecular weight is 1400 g/mol. The number of para-hydroxylation sites is 2. The Balaban J connectivity index is 0.837. The van der Waals surface area contributed by atoms with E-state index in [4.69, 9.17) is 9.72 Å². The van der Waals surface area contributed by atoms with Gasteiger partial charge in [-0.15, -0.1) is 0 Å². The zero-order chi connectivity index (χ0) is 71.1. The van der Waals surface area contributed by atoms with Crippen molar-refractivity contribution in [3.8, 4) is 50.9 Å². The van der Waals surface area contributed by atoms with E-state index in [2.05, 4.69) is 386 Å². The first-order valence-electron chi connectivity index (χ1n) is 37.9. The molecule has 0 fully saturated rings. The lowest BCUT2D eigenvalue weighted by molar-refractivity contribution is -0.571. The van der Waals surface area contributed by atoms with Crippen LogP contribution in [0.4, 0.5) is 5.69 Å². The van der Waals surface area contributed by atoms with Gasteiger partial charge >= 0.3 is 0 Å². The summed E-state index contributed by atoms with van der Waals surface area (Å²) in [5.74, 6) is 2.42. The summed E-state index contributed by atoms with van der Waals surface area (Å²) in [5.41, 5.74) is 18.1. The summed E-state index contributed by atoms with van der Waals surface area (Å²) in [5, 5.41) is 13.0. The van der Waals surface area contributed by atoms with Crippen LogP contribution in [0.3, 0.4) is 0 Å². The van der Waals surface area contributed by atoms with E-state index in [-0.39, 0.29) is 10.8 Å². The molecule has 5 heterocycles. The molecule has 0 spiro atoms. The third-order valence-corrected chi connectivity index (χ3v) is 33.3. The van der Waals surface area contributed by atoms with Gasteiger partial charge in [-0.1, -0.05) is 301 Å². The molecule has 0 bridgehead atoms. The number of pyridine rings is 1. The molecular weight excluding hydrogens is 1320 g/mol. The lowest BCUT2D eigenvalue weighted by Gasteiger charge is -2.41. The predicted molar refractivity (Wildman–Crippen MR) is 445 cm³/mol. The Hall–Kier alpha value is -11.7. The highest BCUT2D eigenvalue weighted by Crippen LogP contribution is 2.48. The monoisotopic (exact) mass is 1400 g/mol. The molecule has 106 heavy (non-hydrogen) atoms. The zero-order valence-corrected chi connectivity index (χ0v) is 62.6. The number of ether oxygens (including phenoxy) is 1. The average Bonchev–Trinajstić information content (AvgIpc) is 1.34. The number of fused-ring (bicyclic) bond motifs is 6. The van der Waals surface area contributed by atoms with E-state index in [1.165, 1.54) is 80.3 Å². The number of imidazole rings is 1. The van der Waals surface area contributed by atoms with Crippen LogP contribution in [0.2, 0.25) is 0 Å². The number of nitrogens with zero attached hydrogens (tertiary/aromatic N) is 5. The second-order valence-electron chi connectivity index (χ2n) is 30.7. The van der Waals surface area contributed by atoms with E-state index in [1.807, 2.05) is 0 Å². The fourth-order valence-electron chi connectivity index (χ4n) is 18.7. The van der Waals surface area contributed by atoms with Gasteiger partial charge in [0.15, 0.2) is 16.1 Å². The van der Waals surface area contributed by atoms with Gasteiger partial charge in [0.25, 0.3) is 6.33 Å². The Morgan fingerprint density at radius 2 is 0.877 bits per heavy atom. The Labute approximate surface area is 623 Å². The molecule has 16 aromatic rings. The topological polar surface area (TPSA) is 39.1 Å². The molecule has 3 aliphatic rings. The van der Waals surface area contributed by atoms with Gasteiger partial charge in [-0.2, -0.15) is 0 Å². The quantitative estimate of drug-likeness (QED) is 0.0444. The standard InChI is InChI=1S/C98H83N5OSi2/c1-97(2)57-58-98(3,4)89-67-99-93(66-88(89)97)103-90-54-24-23-50-85(90)86-56-55-74(65-91(86)103)104-73-35-27-34-72(64-73)101-68-102(96-87-53-30-60-100-59-29-33-71(94(87)100)63-92(96)101)95-83(69-31-25-48-81(61-69)105(75-36-11-5-12-37-75,76-38-13-6-14-39-76)77-40-15-7-16-41-77)51-28-52-84(95)70-32-26-49-82(62-70)106(78-42-17-8-18-43-78,79-44-19-9-20-45-79)80-46-21-10-22-47-80/h5-28,31-32,34-52,54-56,61-67H,29-30,33,53,57-60H2,1-4H3. The third-order valence-electron chi connectivity index (χ3n) is 23.8. The molecule has 0 unspecified atom stereocenters. The van der Waals surface area contributed by atoms with Gasteiger partial charge in [0.05, 0.1) is 33.4 Å². The summed E-state index contributed by atoms with van der Waals surface area (Å²) in [6, 6.07) is 123. The predicted octanol–water partition coefficient (Wildman–Crippen LogP) is 17.1. The SMILES string of the molecule is CC1(C)CCC(C)(C)c2cc(-n3c4ccccc4c4ccc(Oc5cccc(-n6[c-][n+](-c7c(-c8cccc([Si](c9ccccc9)(c9ccccc9)c9ccccc9)c8)cccc7-c7cccc([Si](c8ccccc8)(c8ccccc8)c8ccccc8)c7)c7c8c9c(cc76)CCCN9CCC8)c5)cc43)ncc21. The van der Waals surface area contributed by atoms with Crippen molar-refractivity contribution in [2.45, 2.75) is 77.0 Å². The van der Waals surface area contributed by atoms with Crippen LogP contribution in [-0.4, -0.2) is 43.4 Å². The van der Waals surface area contributed by atoms with Gasteiger partial charge < -0.3 is 9.64 Å². The van der Waals surface area contributed by atoms with Crippen LogP contribution in [0, 0.1) is 6.33 Å². The number of aromatic nitrogens is 4. The normalized spacial score (nSPS) is 14.6. The maximum absolute atomic E-state index is 7.20. The maximum atomic E-state index is 7.20. The van der Waals surface area contributed by atoms with Crippen LogP contribution in [0.5, 0.6) is 11.5 Å². The first-order valence-corrected chi connectivity index (χ1v) is 41.9. The lowest BCUT2D eigenvalue weighted by atomic mass is 9.64. The van der Waals surface area contributed by atoms with Gasteiger partial charge in [-0.25, -0.2) is 4.98 Å². The molecule has 8 heteroatoms. The van der Waals surface area contributed by atoms with Crippen molar-refractivity contribution in [3.63, 3.8) is 0 Å². The van der Waals surface area contributed by atoms with Crippen LogP contribution >= 0.6 is 0 Å². The van der Waals surface area contributed by atoms with Crippen LogP contribution in [0.15, 0.2) is 334 Å². The van der Waals surface area contributed by atoms with Crippen molar-refractivity contribution in [3.05, 3.63) is 362 Å². The molecule has 6 nitrogen and oxygen atoms in total. The summed E-state index contributed by atoms with van der Waals surface area (Å²) in [6.45, 7) is 11.6. The Kier molecular flexibility index (Phi) is 16.1. The fraction of sp³-hybridized carbons (Fsp3) is 0.143. The van der Waals surface area contributed by atoms with Crippen molar-refractivity contribution in [2.24, 2.45) is 0 Å². The Morgan fingerprint density at radius 1 is 0.406 bits per heavy atom. The summed E-state index contributed by atoms with van der Waals surface area (Å²) in [4.78, 5) is 7.99. The van der Waals surface area contributed by atoms with Gasteiger partial charge in [0.1, 0.15) is 17.3 Å². The highest BCUT2D eigenvalue weighted by Gasteiger charge is 2.44. The molecule has 0 atom stereocenters. The summed E-state index contributed by atoms with van der Waals surface area (Å²) >= 11 is 0. The molecule has 0 saturated heterocycles. The first-order chi connectivity index (χ1) is 52.0. The minimum atomic E-state index is -3.00. The van der Waals surface area contributed by atoms with Gasteiger partial charge in [0.2, 0.25) is 0 Å². The van der Waals surface area contributed by atoms with Gasteiger partial charge in [-0.05, 0) is 184 Å². The molecule has 13 aromatic carbocycles. The molecule has 0 saturated carbocycles.